The zero-order chi connectivity index (χ0) is 21.0. The van der Waals surface area contributed by atoms with E-state index in [1.807, 2.05) is 13.0 Å². The van der Waals surface area contributed by atoms with Crippen LogP contribution >= 0.6 is 0 Å². The summed E-state index contributed by atoms with van der Waals surface area (Å²) in [6, 6.07) is 13.8. The molecule has 0 unspecified atom stereocenters. The van der Waals surface area contributed by atoms with Gasteiger partial charge < -0.3 is 5.32 Å². The number of hydrogen-bond acceptors (Lipinski definition) is 4. The summed E-state index contributed by atoms with van der Waals surface area (Å²) in [6.45, 7) is 3.39. The van der Waals surface area contributed by atoms with Crippen molar-refractivity contribution in [3.05, 3.63) is 95.1 Å². The second-order valence-electron chi connectivity index (χ2n) is 6.81. The van der Waals surface area contributed by atoms with E-state index in [0.717, 1.165) is 11.6 Å². The summed E-state index contributed by atoms with van der Waals surface area (Å²) < 4.78 is 40.3. The number of nitrogens with zero attached hydrogens (tertiary/aromatic N) is 1. The van der Waals surface area contributed by atoms with Gasteiger partial charge in [-0.1, -0.05) is 24.3 Å². The normalized spacial score (nSPS) is 12.4. The summed E-state index contributed by atoms with van der Waals surface area (Å²) in [7, 11) is -3.82. The number of carbonyl (C=O) groups excluding carboxylic acids is 1. The third kappa shape index (κ3) is 4.68. The molecule has 1 aromatic heterocycles. The monoisotopic (exact) mass is 412 g/mol. The van der Waals surface area contributed by atoms with Crippen LogP contribution in [-0.4, -0.2) is 25.9 Å². The van der Waals surface area contributed by atoms with Crippen LogP contribution in [0.4, 0.5) is 4.39 Å². The number of aryl methyl sites for hydroxylation is 2. The molecule has 29 heavy (non-hydrogen) atoms. The second-order valence-corrected chi connectivity index (χ2v) is 8.91. The first-order chi connectivity index (χ1) is 13.8. The van der Waals surface area contributed by atoms with Crippen LogP contribution in [0.25, 0.3) is 0 Å². The van der Waals surface area contributed by atoms with Crippen molar-refractivity contribution in [2.75, 3.05) is 6.54 Å². The molecule has 0 fully saturated rings. The standard InChI is InChI=1S/C22H21FN2O3S/c1-15-8-9-16(2)20(11-15)29(27,28)21(18-6-4-10-24-13-18)14-25-22(26)17-5-3-7-19(23)12-17/h3-13,21H,14H2,1-2H3,(H,25,26)/t21-/m0/s1. The molecule has 0 saturated heterocycles. The van der Waals surface area contributed by atoms with Crippen molar-refractivity contribution in [3.63, 3.8) is 0 Å². The van der Waals surface area contributed by atoms with Crippen molar-refractivity contribution in [2.24, 2.45) is 0 Å². The number of benzene rings is 2. The first-order valence-electron chi connectivity index (χ1n) is 9.04. The second kappa shape index (κ2) is 8.53. The van der Waals surface area contributed by atoms with Gasteiger partial charge in [-0.3, -0.25) is 9.78 Å². The quantitative estimate of drug-likeness (QED) is 0.668. The van der Waals surface area contributed by atoms with E-state index in [0.29, 0.717) is 11.1 Å². The SMILES string of the molecule is Cc1ccc(C)c(S(=O)(=O)[C@@H](CNC(=O)c2cccc(F)c2)c2cccnc2)c1. The van der Waals surface area contributed by atoms with Crippen molar-refractivity contribution in [1.82, 2.24) is 10.3 Å². The molecule has 0 saturated carbocycles. The number of carbonyl (C=O) groups is 1. The molecular weight excluding hydrogens is 391 g/mol. The van der Waals surface area contributed by atoms with E-state index in [1.165, 1.54) is 24.4 Å². The van der Waals surface area contributed by atoms with Gasteiger partial charge in [0.1, 0.15) is 11.1 Å². The van der Waals surface area contributed by atoms with Crippen molar-refractivity contribution in [1.29, 1.82) is 0 Å². The average molecular weight is 412 g/mol. The highest BCUT2D eigenvalue weighted by atomic mass is 32.2. The Labute approximate surface area is 169 Å². The Morgan fingerprint density at radius 1 is 1.10 bits per heavy atom. The molecule has 3 aromatic rings. The van der Waals surface area contributed by atoms with Crippen LogP contribution in [0.2, 0.25) is 0 Å². The molecule has 150 valence electrons. The van der Waals surface area contributed by atoms with Crippen molar-refractivity contribution in [2.45, 2.75) is 24.0 Å². The molecule has 3 rings (SSSR count). The van der Waals surface area contributed by atoms with Crippen LogP contribution < -0.4 is 5.32 Å². The van der Waals surface area contributed by atoms with Gasteiger partial charge in [-0.2, -0.15) is 0 Å². The molecule has 5 nitrogen and oxygen atoms in total. The third-order valence-electron chi connectivity index (χ3n) is 4.62. The Bertz CT molecular complexity index is 1130. The highest BCUT2D eigenvalue weighted by molar-refractivity contribution is 7.91. The summed E-state index contributed by atoms with van der Waals surface area (Å²) in [5.74, 6) is -1.08. The lowest BCUT2D eigenvalue weighted by molar-refractivity contribution is 0.0953. The van der Waals surface area contributed by atoms with E-state index >= 15 is 0 Å². The summed E-state index contributed by atoms with van der Waals surface area (Å²) in [5.41, 5.74) is 2.04. The Morgan fingerprint density at radius 2 is 1.90 bits per heavy atom. The number of halogens is 1. The number of pyridine rings is 1. The molecule has 0 spiro atoms. The maximum Gasteiger partial charge on any atom is 0.251 e. The molecule has 7 heteroatoms. The fraction of sp³-hybridized carbons (Fsp3) is 0.182. The molecule has 1 atom stereocenters. The van der Waals surface area contributed by atoms with Crippen LogP contribution in [0.15, 0.2) is 71.9 Å². The molecule has 0 bridgehead atoms. The van der Waals surface area contributed by atoms with Gasteiger partial charge in [0, 0.05) is 24.5 Å². The zero-order valence-corrected chi connectivity index (χ0v) is 16.9. The predicted octanol–water partition coefficient (Wildman–Crippen LogP) is 3.78. The van der Waals surface area contributed by atoms with Gasteiger partial charge in [0.15, 0.2) is 9.84 Å². The van der Waals surface area contributed by atoms with Gasteiger partial charge in [-0.05, 0) is 60.9 Å². The Morgan fingerprint density at radius 3 is 2.59 bits per heavy atom. The molecule has 0 aliphatic carbocycles. The minimum Gasteiger partial charge on any atom is -0.350 e. The summed E-state index contributed by atoms with van der Waals surface area (Å²) >= 11 is 0. The fourth-order valence-corrected chi connectivity index (χ4v) is 5.03. The lowest BCUT2D eigenvalue weighted by Gasteiger charge is -2.20. The van der Waals surface area contributed by atoms with Crippen LogP contribution in [0.5, 0.6) is 0 Å². The number of rotatable bonds is 6. The minimum atomic E-state index is -3.82. The average Bonchev–Trinajstić information content (AvgIpc) is 2.70. The molecular formula is C22H21FN2O3S. The largest absolute Gasteiger partial charge is 0.350 e. The number of aromatic nitrogens is 1. The maximum atomic E-state index is 13.5. The maximum absolute atomic E-state index is 13.5. The highest BCUT2D eigenvalue weighted by Gasteiger charge is 2.31. The molecule has 1 N–H and O–H groups in total. The van der Waals surface area contributed by atoms with Gasteiger partial charge in [-0.15, -0.1) is 0 Å². The van der Waals surface area contributed by atoms with Crippen LogP contribution in [0.1, 0.15) is 32.3 Å². The van der Waals surface area contributed by atoms with Crippen LogP contribution in [0.3, 0.4) is 0 Å². The number of nitrogens with one attached hydrogen (secondary N) is 1. The van der Waals surface area contributed by atoms with E-state index < -0.39 is 26.8 Å². The number of sulfone groups is 1. The Kier molecular flexibility index (Phi) is 6.08. The summed E-state index contributed by atoms with van der Waals surface area (Å²) in [6.07, 6.45) is 3.03. The molecule has 1 amide bonds. The van der Waals surface area contributed by atoms with Gasteiger partial charge in [0.05, 0.1) is 4.90 Å². The highest BCUT2D eigenvalue weighted by Crippen LogP contribution is 2.30. The third-order valence-corrected chi connectivity index (χ3v) is 6.86. The molecule has 0 radical (unpaired) electrons. The predicted molar refractivity (Wildman–Crippen MR) is 109 cm³/mol. The van der Waals surface area contributed by atoms with E-state index in [1.54, 1.807) is 37.4 Å². The lowest BCUT2D eigenvalue weighted by atomic mass is 10.2. The van der Waals surface area contributed by atoms with Crippen molar-refractivity contribution in [3.8, 4) is 0 Å². The fourth-order valence-electron chi connectivity index (χ4n) is 3.06. The van der Waals surface area contributed by atoms with Crippen LogP contribution in [-0.2, 0) is 9.84 Å². The van der Waals surface area contributed by atoms with Gasteiger partial charge in [-0.25, -0.2) is 12.8 Å². The van der Waals surface area contributed by atoms with E-state index in [4.69, 9.17) is 0 Å². The van der Waals surface area contributed by atoms with E-state index in [-0.39, 0.29) is 17.0 Å². The summed E-state index contributed by atoms with van der Waals surface area (Å²) in [5, 5.41) is 1.59. The van der Waals surface area contributed by atoms with Crippen molar-refractivity contribution >= 4 is 15.7 Å². The zero-order valence-electron chi connectivity index (χ0n) is 16.1. The Balaban J connectivity index is 1.95. The van der Waals surface area contributed by atoms with Crippen LogP contribution in [0, 0.1) is 19.7 Å². The lowest BCUT2D eigenvalue weighted by Crippen LogP contribution is -2.32. The first kappa shape index (κ1) is 20.7. The smallest absolute Gasteiger partial charge is 0.251 e. The minimum absolute atomic E-state index is 0.124. The van der Waals surface area contributed by atoms with Crippen molar-refractivity contribution < 1.29 is 17.6 Å². The number of hydrogen-bond donors (Lipinski definition) is 1. The molecule has 0 aliphatic heterocycles. The molecule has 0 aliphatic rings. The number of amides is 1. The summed E-state index contributed by atoms with van der Waals surface area (Å²) in [4.78, 5) is 16.7. The molecule has 2 aromatic carbocycles. The van der Waals surface area contributed by atoms with E-state index in [9.17, 15) is 17.6 Å². The Hall–Kier alpha value is -3.06. The van der Waals surface area contributed by atoms with Gasteiger partial charge >= 0.3 is 0 Å². The van der Waals surface area contributed by atoms with Gasteiger partial charge in [0.25, 0.3) is 5.91 Å². The van der Waals surface area contributed by atoms with E-state index in [2.05, 4.69) is 10.3 Å². The topological polar surface area (TPSA) is 76.1 Å². The van der Waals surface area contributed by atoms with Gasteiger partial charge in [0.2, 0.25) is 0 Å². The molecule has 1 heterocycles. The first-order valence-corrected chi connectivity index (χ1v) is 10.6.